The molecule has 0 radical (unpaired) electrons. The molecule has 1 N–H and O–H groups in total. The Hall–Kier alpha value is -2.78. The van der Waals surface area contributed by atoms with Crippen molar-refractivity contribution in [3.63, 3.8) is 0 Å². The Morgan fingerprint density at radius 2 is 1.76 bits per heavy atom. The minimum Gasteiger partial charge on any atom is -0.325 e. The molecule has 1 aliphatic rings. The normalized spacial score (nSPS) is 17.0. The van der Waals surface area contributed by atoms with Crippen molar-refractivity contribution in [1.29, 1.82) is 0 Å². The van der Waals surface area contributed by atoms with E-state index in [1.165, 1.54) is 16.4 Å². The second-order valence-electron chi connectivity index (χ2n) is 8.18. The molecule has 9 heteroatoms. The minimum absolute atomic E-state index is 0.139. The van der Waals surface area contributed by atoms with Gasteiger partial charge in [-0.15, -0.1) is 11.3 Å². The monoisotopic (exact) mass is 511 g/mol. The first-order valence-electron chi connectivity index (χ1n) is 10.9. The molecule has 1 amide bonds. The van der Waals surface area contributed by atoms with Crippen LogP contribution in [0, 0.1) is 5.92 Å². The van der Waals surface area contributed by atoms with E-state index in [0.29, 0.717) is 30.1 Å². The Balaban J connectivity index is 1.35. The highest BCUT2D eigenvalue weighted by atomic mass is 35.5. The van der Waals surface area contributed by atoms with Crippen LogP contribution in [0.2, 0.25) is 5.02 Å². The molecule has 0 saturated carbocycles. The second-order valence-corrected chi connectivity index (χ2v) is 11.6. The summed E-state index contributed by atoms with van der Waals surface area (Å²) in [7, 11) is -3.70. The van der Waals surface area contributed by atoms with Gasteiger partial charge in [0.2, 0.25) is 15.9 Å². The predicted octanol–water partition coefficient (Wildman–Crippen LogP) is 5.66. The molecular weight excluding hydrogens is 490 g/mol. The summed E-state index contributed by atoms with van der Waals surface area (Å²) in [5, 5.41) is 4.33. The fraction of sp³-hybridized carbons (Fsp3) is 0.200. The van der Waals surface area contributed by atoms with Crippen LogP contribution in [0.1, 0.15) is 12.8 Å². The number of carbonyl (C=O) groups is 1. The molecule has 1 aliphatic heterocycles. The van der Waals surface area contributed by atoms with Crippen molar-refractivity contribution in [2.75, 3.05) is 18.4 Å². The third kappa shape index (κ3) is 4.59. The summed E-state index contributed by atoms with van der Waals surface area (Å²) in [6, 6.07) is 21.6. The van der Waals surface area contributed by atoms with E-state index in [0.717, 1.165) is 20.8 Å². The molecule has 6 nitrogen and oxygen atoms in total. The number of carbonyl (C=O) groups excluding carboxylic acids is 1. The van der Waals surface area contributed by atoms with Crippen LogP contribution in [0.25, 0.3) is 20.8 Å². The van der Waals surface area contributed by atoms with E-state index in [-0.39, 0.29) is 17.3 Å². The van der Waals surface area contributed by atoms with Crippen molar-refractivity contribution < 1.29 is 13.2 Å². The number of thiazole rings is 1. The lowest BCUT2D eigenvalue weighted by atomic mass is 9.98. The maximum Gasteiger partial charge on any atom is 0.243 e. The molecule has 2 heterocycles. The zero-order valence-electron chi connectivity index (χ0n) is 18.1. The summed E-state index contributed by atoms with van der Waals surface area (Å²) in [6.45, 7) is 0.525. The van der Waals surface area contributed by atoms with Crippen LogP contribution in [-0.2, 0) is 14.8 Å². The van der Waals surface area contributed by atoms with Gasteiger partial charge in [0, 0.05) is 23.7 Å². The molecule has 0 aliphatic carbocycles. The van der Waals surface area contributed by atoms with Gasteiger partial charge in [0.05, 0.1) is 26.7 Å². The number of anilines is 1. The van der Waals surface area contributed by atoms with Crippen molar-refractivity contribution >= 4 is 54.8 Å². The predicted molar refractivity (Wildman–Crippen MR) is 137 cm³/mol. The highest BCUT2D eigenvalue weighted by molar-refractivity contribution is 7.89. The first-order valence-corrected chi connectivity index (χ1v) is 13.6. The Morgan fingerprint density at radius 1 is 1.03 bits per heavy atom. The van der Waals surface area contributed by atoms with E-state index < -0.39 is 15.9 Å². The molecule has 1 fully saturated rings. The SMILES string of the molecule is O=C(Nc1ccccc1-c1nc2ccccc2s1)C1CCCN(S(=O)(=O)c2ccc(Cl)cc2)C1. The minimum atomic E-state index is -3.70. The molecule has 34 heavy (non-hydrogen) atoms. The third-order valence-electron chi connectivity index (χ3n) is 5.92. The Morgan fingerprint density at radius 3 is 2.56 bits per heavy atom. The van der Waals surface area contributed by atoms with Gasteiger partial charge >= 0.3 is 0 Å². The van der Waals surface area contributed by atoms with Crippen LogP contribution < -0.4 is 5.32 Å². The van der Waals surface area contributed by atoms with Gasteiger partial charge in [-0.1, -0.05) is 35.9 Å². The van der Waals surface area contributed by atoms with Gasteiger partial charge in [-0.3, -0.25) is 4.79 Å². The molecule has 0 spiro atoms. The molecule has 1 aromatic heterocycles. The number of para-hydroxylation sites is 2. The largest absolute Gasteiger partial charge is 0.325 e. The summed E-state index contributed by atoms with van der Waals surface area (Å²) in [4.78, 5) is 18.1. The fourth-order valence-electron chi connectivity index (χ4n) is 4.13. The molecule has 1 atom stereocenters. The highest BCUT2D eigenvalue weighted by Gasteiger charge is 2.33. The van der Waals surface area contributed by atoms with Gasteiger partial charge in [-0.2, -0.15) is 4.31 Å². The lowest BCUT2D eigenvalue weighted by Crippen LogP contribution is -2.43. The van der Waals surface area contributed by atoms with Crippen molar-refractivity contribution in [3.05, 3.63) is 77.8 Å². The van der Waals surface area contributed by atoms with Gasteiger partial charge in [-0.05, 0) is 61.4 Å². The summed E-state index contributed by atoms with van der Waals surface area (Å²) >= 11 is 7.47. The number of nitrogens with zero attached hydrogens (tertiary/aromatic N) is 2. The first-order chi connectivity index (χ1) is 16.4. The molecular formula is C25H22ClN3O3S2. The van der Waals surface area contributed by atoms with Crippen molar-refractivity contribution in [3.8, 4) is 10.6 Å². The van der Waals surface area contributed by atoms with Crippen LogP contribution in [-0.4, -0.2) is 36.7 Å². The number of halogens is 1. The molecule has 1 unspecified atom stereocenters. The van der Waals surface area contributed by atoms with E-state index in [1.54, 1.807) is 23.5 Å². The van der Waals surface area contributed by atoms with Gasteiger partial charge in [0.1, 0.15) is 5.01 Å². The molecule has 5 rings (SSSR count). The number of nitrogens with one attached hydrogen (secondary N) is 1. The van der Waals surface area contributed by atoms with Crippen LogP contribution in [0.15, 0.2) is 77.7 Å². The van der Waals surface area contributed by atoms with Gasteiger partial charge < -0.3 is 5.32 Å². The number of piperidine rings is 1. The smallest absolute Gasteiger partial charge is 0.243 e. The quantitative estimate of drug-likeness (QED) is 0.375. The zero-order chi connectivity index (χ0) is 23.7. The van der Waals surface area contributed by atoms with Crippen molar-refractivity contribution in [2.45, 2.75) is 17.7 Å². The van der Waals surface area contributed by atoms with Gasteiger partial charge in [0.15, 0.2) is 0 Å². The number of hydrogen-bond acceptors (Lipinski definition) is 5. The fourth-order valence-corrected chi connectivity index (χ4v) is 6.79. The molecule has 0 bridgehead atoms. The molecule has 4 aromatic rings. The van der Waals surface area contributed by atoms with Crippen LogP contribution in [0.3, 0.4) is 0 Å². The Kier molecular flexibility index (Phi) is 6.40. The van der Waals surface area contributed by atoms with Gasteiger partial charge in [-0.25, -0.2) is 13.4 Å². The lowest BCUT2D eigenvalue weighted by Gasteiger charge is -2.31. The summed E-state index contributed by atoms with van der Waals surface area (Å²) in [5.41, 5.74) is 2.43. The third-order valence-corrected chi connectivity index (χ3v) is 9.12. The number of fused-ring (bicyclic) bond motifs is 1. The van der Waals surface area contributed by atoms with E-state index >= 15 is 0 Å². The second kappa shape index (κ2) is 9.46. The Bertz CT molecular complexity index is 1420. The number of sulfonamides is 1. The number of amides is 1. The summed E-state index contributed by atoms with van der Waals surface area (Å²) in [5.74, 6) is -0.635. The number of benzene rings is 3. The van der Waals surface area contributed by atoms with Crippen molar-refractivity contribution in [2.24, 2.45) is 5.92 Å². The first kappa shape index (κ1) is 23.0. The average Bonchev–Trinajstić information content (AvgIpc) is 3.29. The topological polar surface area (TPSA) is 79.4 Å². The average molecular weight is 512 g/mol. The van der Waals surface area contributed by atoms with Crippen LogP contribution in [0.4, 0.5) is 5.69 Å². The van der Waals surface area contributed by atoms with E-state index in [2.05, 4.69) is 5.32 Å². The number of rotatable bonds is 5. The van der Waals surface area contributed by atoms with E-state index in [9.17, 15) is 13.2 Å². The highest BCUT2D eigenvalue weighted by Crippen LogP contribution is 2.35. The van der Waals surface area contributed by atoms with Crippen LogP contribution >= 0.6 is 22.9 Å². The van der Waals surface area contributed by atoms with E-state index in [1.807, 2.05) is 48.5 Å². The zero-order valence-corrected chi connectivity index (χ0v) is 20.5. The molecule has 3 aromatic carbocycles. The Labute approximate surface area is 207 Å². The summed E-state index contributed by atoms with van der Waals surface area (Å²) < 4.78 is 28.7. The molecule has 1 saturated heterocycles. The lowest BCUT2D eigenvalue weighted by molar-refractivity contribution is -0.120. The summed E-state index contributed by atoms with van der Waals surface area (Å²) in [6.07, 6.45) is 1.24. The number of aromatic nitrogens is 1. The van der Waals surface area contributed by atoms with Crippen LogP contribution in [0.5, 0.6) is 0 Å². The maximum absolute atomic E-state index is 13.2. The standard InChI is InChI=1S/C25H22ClN3O3S2/c26-18-11-13-19(14-12-18)34(31,32)29-15-5-6-17(16-29)24(30)27-21-8-2-1-7-20(21)25-28-22-9-3-4-10-23(22)33-25/h1-4,7-14,17H,5-6,15-16H2,(H,27,30). The maximum atomic E-state index is 13.2. The van der Waals surface area contributed by atoms with E-state index in [4.69, 9.17) is 16.6 Å². The van der Waals surface area contributed by atoms with Gasteiger partial charge in [0.25, 0.3) is 0 Å². The number of hydrogen-bond donors (Lipinski definition) is 1. The molecule has 174 valence electrons. The van der Waals surface area contributed by atoms with Crippen molar-refractivity contribution in [1.82, 2.24) is 9.29 Å².